The van der Waals surface area contributed by atoms with Crippen molar-refractivity contribution in [3.05, 3.63) is 35.4 Å². The number of carbonyl (C=O) groups is 1. The van der Waals surface area contributed by atoms with E-state index in [1.807, 2.05) is 12.1 Å². The third-order valence-electron chi connectivity index (χ3n) is 2.07. The molecule has 2 nitrogen and oxygen atoms in total. The van der Waals surface area contributed by atoms with Crippen LogP contribution in [-0.2, 0) is 22.4 Å². The molecule has 0 aromatic heterocycles. The van der Waals surface area contributed by atoms with Crippen LogP contribution < -0.4 is 0 Å². The average molecular weight is 192 g/mol. The number of ether oxygens (including phenoxy) is 1. The summed E-state index contributed by atoms with van der Waals surface area (Å²) in [6.45, 7) is 2.35. The molecule has 0 N–H and O–H groups in total. The fourth-order valence-corrected chi connectivity index (χ4v) is 1.33. The minimum absolute atomic E-state index is 0.203. The molecule has 14 heavy (non-hydrogen) atoms. The van der Waals surface area contributed by atoms with Crippen LogP contribution >= 0.6 is 0 Å². The van der Waals surface area contributed by atoms with Crippen LogP contribution in [0.1, 0.15) is 18.1 Å². The smallest absolute Gasteiger partial charge is 0.134 e. The molecule has 0 amide bonds. The first-order chi connectivity index (χ1) is 6.72. The summed E-state index contributed by atoms with van der Waals surface area (Å²) < 4.78 is 4.99. The quantitative estimate of drug-likeness (QED) is 0.713. The van der Waals surface area contributed by atoms with E-state index in [1.54, 1.807) is 14.0 Å². The highest BCUT2D eigenvalue weighted by atomic mass is 16.5. The van der Waals surface area contributed by atoms with Crippen molar-refractivity contribution in [2.75, 3.05) is 13.7 Å². The van der Waals surface area contributed by atoms with Gasteiger partial charge in [-0.2, -0.15) is 0 Å². The molecule has 0 radical (unpaired) electrons. The molecule has 0 unspecified atom stereocenters. The summed E-state index contributed by atoms with van der Waals surface area (Å²) in [5.41, 5.74) is 2.33. The van der Waals surface area contributed by atoms with E-state index in [0.717, 1.165) is 18.6 Å². The predicted octanol–water partition coefficient (Wildman–Crippen LogP) is 2.01. The number of ketones is 1. The van der Waals surface area contributed by atoms with Gasteiger partial charge in [-0.15, -0.1) is 0 Å². The maximum absolute atomic E-state index is 10.9. The predicted molar refractivity (Wildman–Crippen MR) is 56.4 cm³/mol. The summed E-state index contributed by atoms with van der Waals surface area (Å²) in [5.74, 6) is 0.203. The van der Waals surface area contributed by atoms with Gasteiger partial charge in [-0.3, -0.25) is 4.79 Å². The zero-order chi connectivity index (χ0) is 10.4. The Labute approximate surface area is 84.9 Å². The second-order valence-corrected chi connectivity index (χ2v) is 3.44. The van der Waals surface area contributed by atoms with Gasteiger partial charge in [-0.05, 0) is 24.5 Å². The van der Waals surface area contributed by atoms with Crippen LogP contribution in [-0.4, -0.2) is 19.5 Å². The highest BCUT2D eigenvalue weighted by molar-refractivity contribution is 5.78. The van der Waals surface area contributed by atoms with Gasteiger partial charge in [0.05, 0.1) is 6.61 Å². The molecule has 0 aliphatic heterocycles. The van der Waals surface area contributed by atoms with E-state index in [1.165, 1.54) is 5.56 Å². The number of hydrogen-bond donors (Lipinski definition) is 0. The fraction of sp³-hybridized carbons (Fsp3) is 0.417. The topological polar surface area (TPSA) is 26.3 Å². The van der Waals surface area contributed by atoms with Crippen LogP contribution in [0.25, 0.3) is 0 Å². The lowest BCUT2D eigenvalue weighted by molar-refractivity contribution is -0.116. The third-order valence-corrected chi connectivity index (χ3v) is 2.07. The summed E-state index contributed by atoms with van der Waals surface area (Å²) >= 11 is 0. The summed E-state index contributed by atoms with van der Waals surface area (Å²) in [6.07, 6.45) is 1.46. The van der Waals surface area contributed by atoms with E-state index >= 15 is 0 Å². The largest absolute Gasteiger partial charge is 0.384 e. The molecule has 0 fully saturated rings. The highest BCUT2D eigenvalue weighted by Gasteiger charge is 1.97. The number of carbonyl (C=O) groups excluding carboxylic acids is 1. The van der Waals surface area contributed by atoms with Crippen molar-refractivity contribution < 1.29 is 9.53 Å². The Hall–Kier alpha value is -1.15. The second kappa shape index (κ2) is 5.55. The second-order valence-electron chi connectivity index (χ2n) is 3.44. The molecule has 0 atom stereocenters. The van der Waals surface area contributed by atoms with Gasteiger partial charge in [0.25, 0.3) is 0 Å². The van der Waals surface area contributed by atoms with E-state index in [0.29, 0.717) is 6.42 Å². The summed E-state index contributed by atoms with van der Waals surface area (Å²) in [4.78, 5) is 10.9. The van der Waals surface area contributed by atoms with Crippen molar-refractivity contribution >= 4 is 5.78 Å². The van der Waals surface area contributed by atoms with Gasteiger partial charge in [0, 0.05) is 13.5 Å². The maximum Gasteiger partial charge on any atom is 0.134 e. The van der Waals surface area contributed by atoms with Gasteiger partial charge < -0.3 is 4.74 Å². The lowest BCUT2D eigenvalue weighted by Crippen LogP contribution is -1.98. The fourth-order valence-electron chi connectivity index (χ4n) is 1.33. The van der Waals surface area contributed by atoms with Crippen molar-refractivity contribution in [3.63, 3.8) is 0 Å². The minimum atomic E-state index is 0.203. The molecule has 0 aliphatic carbocycles. The molecule has 1 rings (SSSR count). The Morgan fingerprint density at radius 3 is 2.29 bits per heavy atom. The Bertz CT molecular complexity index is 288. The number of methoxy groups -OCH3 is 1. The first-order valence-electron chi connectivity index (χ1n) is 4.78. The number of hydrogen-bond acceptors (Lipinski definition) is 2. The zero-order valence-electron chi connectivity index (χ0n) is 8.75. The minimum Gasteiger partial charge on any atom is -0.384 e. The molecule has 0 bridgehead atoms. The van der Waals surface area contributed by atoms with E-state index in [2.05, 4.69) is 12.1 Å². The van der Waals surface area contributed by atoms with Crippen LogP contribution in [0.15, 0.2) is 24.3 Å². The van der Waals surface area contributed by atoms with Crippen LogP contribution in [0.5, 0.6) is 0 Å². The van der Waals surface area contributed by atoms with Crippen molar-refractivity contribution in [2.45, 2.75) is 19.8 Å². The molecule has 1 aromatic rings. The Morgan fingerprint density at radius 1 is 1.21 bits per heavy atom. The molecular formula is C12H16O2. The maximum atomic E-state index is 10.9. The SMILES string of the molecule is COCCc1ccc(CC(C)=O)cc1. The first-order valence-corrected chi connectivity index (χ1v) is 4.78. The van der Waals surface area contributed by atoms with Gasteiger partial charge >= 0.3 is 0 Å². The van der Waals surface area contributed by atoms with E-state index < -0.39 is 0 Å². The lowest BCUT2D eigenvalue weighted by atomic mass is 10.1. The van der Waals surface area contributed by atoms with Crippen LogP contribution in [0, 0.1) is 0 Å². The van der Waals surface area contributed by atoms with E-state index in [4.69, 9.17) is 4.74 Å². The molecule has 0 saturated heterocycles. The lowest BCUT2D eigenvalue weighted by Gasteiger charge is -2.02. The van der Waals surface area contributed by atoms with Crippen LogP contribution in [0.2, 0.25) is 0 Å². The van der Waals surface area contributed by atoms with Gasteiger partial charge in [0.1, 0.15) is 5.78 Å². The van der Waals surface area contributed by atoms with Crippen molar-refractivity contribution in [1.29, 1.82) is 0 Å². The molecule has 0 saturated carbocycles. The van der Waals surface area contributed by atoms with Crippen molar-refractivity contribution in [3.8, 4) is 0 Å². The highest BCUT2D eigenvalue weighted by Crippen LogP contribution is 2.06. The van der Waals surface area contributed by atoms with Crippen LogP contribution in [0.3, 0.4) is 0 Å². The molecule has 0 spiro atoms. The first kappa shape index (κ1) is 10.9. The molecule has 76 valence electrons. The Balaban J connectivity index is 2.54. The van der Waals surface area contributed by atoms with Crippen molar-refractivity contribution in [1.82, 2.24) is 0 Å². The molecule has 0 aliphatic rings. The van der Waals surface area contributed by atoms with Crippen molar-refractivity contribution in [2.24, 2.45) is 0 Å². The summed E-state index contributed by atoms with van der Waals surface area (Å²) in [6, 6.07) is 8.12. The van der Waals surface area contributed by atoms with Gasteiger partial charge in [-0.1, -0.05) is 24.3 Å². The number of rotatable bonds is 5. The zero-order valence-corrected chi connectivity index (χ0v) is 8.75. The monoisotopic (exact) mass is 192 g/mol. The van der Waals surface area contributed by atoms with Gasteiger partial charge in [0.2, 0.25) is 0 Å². The molecule has 1 aromatic carbocycles. The number of Topliss-reactive ketones (excluding diaryl/α,β-unsaturated/α-hetero) is 1. The average Bonchev–Trinajstić information content (AvgIpc) is 2.16. The Morgan fingerprint density at radius 2 is 1.79 bits per heavy atom. The Kier molecular flexibility index (Phi) is 4.33. The molecular weight excluding hydrogens is 176 g/mol. The van der Waals surface area contributed by atoms with Gasteiger partial charge in [0.15, 0.2) is 0 Å². The van der Waals surface area contributed by atoms with E-state index in [9.17, 15) is 4.79 Å². The molecule has 0 heterocycles. The third kappa shape index (κ3) is 3.71. The van der Waals surface area contributed by atoms with E-state index in [-0.39, 0.29) is 5.78 Å². The number of benzene rings is 1. The summed E-state index contributed by atoms with van der Waals surface area (Å²) in [7, 11) is 1.70. The molecule has 2 heteroatoms. The standard InChI is InChI=1S/C12H16O2/c1-10(13)9-12-5-3-11(4-6-12)7-8-14-2/h3-6H,7-9H2,1-2H3. The van der Waals surface area contributed by atoms with Gasteiger partial charge in [-0.25, -0.2) is 0 Å². The normalized spacial score (nSPS) is 10.1. The van der Waals surface area contributed by atoms with Crippen LogP contribution in [0.4, 0.5) is 0 Å². The summed E-state index contributed by atoms with van der Waals surface area (Å²) in [5, 5.41) is 0.